The van der Waals surface area contributed by atoms with E-state index in [0.717, 1.165) is 0 Å². The molecule has 1 aromatic rings. The van der Waals surface area contributed by atoms with Crippen molar-refractivity contribution in [1.29, 1.82) is 0 Å². The number of hydrogen-bond acceptors (Lipinski definition) is 3. The number of carboxylic acids is 1. The van der Waals surface area contributed by atoms with Crippen molar-refractivity contribution in [3.05, 3.63) is 18.2 Å². The van der Waals surface area contributed by atoms with Crippen molar-refractivity contribution in [1.82, 2.24) is 15.3 Å². The standard InChI is InChI=1S/C12H19N3O3/c1-4-9(10-13-5-6-14-10)15-11(16)7(2)8(3)12(17)18/h5-9H,4H2,1-3H3,(H,13,14)(H,15,16)(H,17,18). The number of hydrogen-bond donors (Lipinski definition) is 3. The van der Waals surface area contributed by atoms with E-state index in [9.17, 15) is 9.59 Å². The van der Waals surface area contributed by atoms with Crippen LogP contribution in [0.5, 0.6) is 0 Å². The van der Waals surface area contributed by atoms with E-state index < -0.39 is 17.8 Å². The maximum Gasteiger partial charge on any atom is 0.307 e. The molecule has 6 heteroatoms. The van der Waals surface area contributed by atoms with E-state index in [2.05, 4.69) is 15.3 Å². The van der Waals surface area contributed by atoms with Gasteiger partial charge in [0, 0.05) is 18.3 Å². The fourth-order valence-electron chi connectivity index (χ4n) is 1.58. The zero-order chi connectivity index (χ0) is 13.7. The van der Waals surface area contributed by atoms with E-state index in [0.29, 0.717) is 12.2 Å². The van der Waals surface area contributed by atoms with Crippen LogP contribution < -0.4 is 5.32 Å². The fourth-order valence-corrected chi connectivity index (χ4v) is 1.58. The topological polar surface area (TPSA) is 95.1 Å². The number of nitrogens with one attached hydrogen (secondary N) is 2. The number of aromatic amines is 1. The van der Waals surface area contributed by atoms with Gasteiger partial charge in [-0.2, -0.15) is 0 Å². The van der Waals surface area contributed by atoms with Crippen molar-refractivity contribution in [3.8, 4) is 0 Å². The first kappa shape index (κ1) is 14.2. The van der Waals surface area contributed by atoms with Crippen molar-refractivity contribution in [2.75, 3.05) is 0 Å². The van der Waals surface area contributed by atoms with Crippen LogP contribution in [0.15, 0.2) is 12.4 Å². The summed E-state index contributed by atoms with van der Waals surface area (Å²) in [5.74, 6) is -1.84. The zero-order valence-corrected chi connectivity index (χ0v) is 10.8. The van der Waals surface area contributed by atoms with E-state index >= 15 is 0 Å². The Labute approximate surface area is 106 Å². The Kier molecular flexibility index (Phi) is 4.88. The van der Waals surface area contributed by atoms with Gasteiger partial charge in [0.05, 0.1) is 12.0 Å². The maximum atomic E-state index is 11.9. The van der Waals surface area contributed by atoms with Gasteiger partial charge in [0.15, 0.2) is 0 Å². The van der Waals surface area contributed by atoms with Crippen molar-refractivity contribution in [2.45, 2.75) is 33.2 Å². The summed E-state index contributed by atoms with van der Waals surface area (Å²) in [6.07, 6.45) is 3.99. The second-order valence-electron chi connectivity index (χ2n) is 4.36. The van der Waals surface area contributed by atoms with E-state index in [1.165, 1.54) is 6.92 Å². The molecular weight excluding hydrogens is 234 g/mol. The first-order valence-electron chi connectivity index (χ1n) is 5.99. The summed E-state index contributed by atoms with van der Waals surface area (Å²) in [4.78, 5) is 29.8. The van der Waals surface area contributed by atoms with E-state index in [1.54, 1.807) is 19.3 Å². The normalized spacial score (nSPS) is 15.7. The molecule has 0 aliphatic rings. The van der Waals surface area contributed by atoms with Crippen molar-refractivity contribution in [3.63, 3.8) is 0 Å². The number of carbonyl (C=O) groups is 2. The number of carbonyl (C=O) groups excluding carboxylic acids is 1. The summed E-state index contributed by atoms with van der Waals surface area (Å²) >= 11 is 0. The summed E-state index contributed by atoms with van der Waals surface area (Å²) < 4.78 is 0. The molecule has 6 nitrogen and oxygen atoms in total. The average molecular weight is 253 g/mol. The number of aliphatic carboxylic acids is 1. The molecule has 3 unspecified atom stereocenters. The minimum Gasteiger partial charge on any atom is -0.481 e. The summed E-state index contributed by atoms with van der Waals surface area (Å²) in [5, 5.41) is 11.7. The molecule has 0 aromatic carbocycles. The molecule has 0 radical (unpaired) electrons. The molecule has 0 aliphatic heterocycles. The minimum atomic E-state index is -0.969. The highest BCUT2D eigenvalue weighted by Crippen LogP contribution is 2.16. The first-order valence-corrected chi connectivity index (χ1v) is 5.99. The lowest BCUT2D eigenvalue weighted by Gasteiger charge is -2.20. The summed E-state index contributed by atoms with van der Waals surface area (Å²) in [6, 6.07) is -0.212. The molecule has 0 saturated carbocycles. The summed E-state index contributed by atoms with van der Waals surface area (Å²) in [6.45, 7) is 5.07. The number of rotatable bonds is 6. The number of H-pyrrole nitrogens is 1. The molecule has 3 N–H and O–H groups in total. The predicted octanol–water partition coefficient (Wildman–Crippen LogP) is 1.33. The Hall–Kier alpha value is -1.85. The lowest BCUT2D eigenvalue weighted by atomic mass is 9.95. The number of nitrogens with zero attached hydrogens (tertiary/aromatic N) is 1. The van der Waals surface area contributed by atoms with Gasteiger partial charge in [-0.3, -0.25) is 9.59 Å². The van der Waals surface area contributed by atoms with E-state index in [-0.39, 0.29) is 11.9 Å². The molecule has 0 bridgehead atoms. The van der Waals surface area contributed by atoms with Gasteiger partial charge in [0.25, 0.3) is 0 Å². The van der Waals surface area contributed by atoms with Crippen molar-refractivity contribution >= 4 is 11.9 Å². The predicted molar refractivity (Wildman–Crippen MR) is 65.7 cm³/mol. The Balaban J connectivity index is 2.65. The highest BCUT2D eigenvalue weighted by atomic mass is 16.4. The van der Waals surface area contributed by atoms with Crippen LogP contribution in [0.3, 0.4) is 0 Å². The smallest absolute Gasteiger partial charge is 0.307 e. The Bertz CT molecular complexity index is 403. The molecule has 1 amide bonds. The third-order valence-electron chi connectivity index (χ3n) is 3.13. The van der Waals surface area contributed by atoms with E-state index in [1.807, 2.05) is 6.92 Å². The van der Waals surface area contributed by atoms with Crippen LogP contribution in [0.4, 0.5) is 0 Å². The molecule has 18 heavy (non-hydrogen) atoms. The molecule has 100 valence electrons. The lowest BCUT2D eigenvalue weighted by molar-refractivity contribution is -0.146. The van der Waals surface area contributed by atoms with Gasteiger partial charge in [0.2, 0.25) is 5.91 Å². The molecule has 1 aromatic heterocycles. The molecule has 3 atom stereocenters. The Morgan fingerprint density at radius 2 is 2.11 bits per heavy atom. The Morgan fingerprint density at radius 1 is 1.44 bits per heavy atom. The van der Waals surface area contributed by atoms with Crippen LogP contribution in [0.25, 0.3) is 0 Å². The highest BCUT2D eigenvalue weighted by molar-refractivity contribution is 5.84. The van der Waals surface area contributed by atoms with Gasteiger partial charge >= 0.3 is 5.97 Å². The molecule has 1 heterocycles. The maximum absolute atomic E-state index is 11.9. The van der Waals surface area contributed by atoms with Crippen LogP contribution >= 0.6 is 0 Å². The third-order valence-corrected chi connectivity index (χ3v) is 3.13. The van der Waals surface area contributed by atoms with Crippen molar-refractivity contribution < 1.29 is 14.7 Å². The van der Waals surface area contributed by atoms with Crippen LogP contribution in [0.1, 0.15) is 39.1 Å². The number of aromatic nitrogens is 2. The van der Waals surface area contributed by atoms with Gasteiger partial charge in [-0.15, -0.1) is 0 Å². The summed E-state index contributed by atoms with van der Waals surface area (Å²) in [5.41, 5.74) is 0. The van der Waals surface area contributed by atoms with Crippen LogP contribution in [0, 0.1) is 11.8 Å². The molecule has 0 aliphatic carbocycles. The van der Waals surface area contributed by atoms with Gasteiger partial charge in [-0.25, -0.2) is 4.98 Å². The lowest BCUT2D eigenvalue weighted by Crippen LogP contribution is -2.37. The average Bonchev–Trinajstić information content (AvgIpc) is 2.87. The number of imidazole rings is 1. The highest BCUT2D eigenvalue weighted by Gasteiger charge is 2.27. The first-order chi connectivity index (χ1) is 8.47. The molecule has 0 saturated heterocycles. The van der Waals surface area contributed by atoms with E-state index in [4.69, 9.17) is 5.11 Å². The van der Waals surface area contributed by atoms with Crippen LogP contribution in [0.2, 0.25) is 0 Å². The fraction of sp³-hybridized carbons (Fsp3) is 0.583. The molecule has 0 spiro atoms. The molecule has 0 fully saturated rings. The monoisotopic (exact) mass is 253 g/mol. The second-order valence-corrected chi connectivity index (χ2v) is 4.36. The van der Waals surface area contributed by atoms with Crippen LogP contribution in [-0.2, 0) is 9.59 Å². The Morgan fingerprint density at radius 3 is 2.56 bits per heavy atom. The van der Waals surface area contributed by atoms with Gasteiger partial charge in [0.1, 0.15) is 5.82 Å². The second kappa shape index (κ2) is 6.18. The third kappa shape index (κ3) is 3.32. The van der Waals surface area contributed by atoms with Gasteiger partial charge in [-0.1, -0.05) is 20.8 Å². The van der Waals surface area contributed by atoms with Gasteiger partial charge < -0.3 is 15.4 Å². The number of carboxylic acid groups (broad SMARTS) is 1. The summed E-state index contributed by atoms with van der Waals surface area (Å²) in [7, 11) is 0. The number of amides is 1. The largest absolute Gasteiger partial charge is 0.481 e. The van der Waals surface area contributed by atoms with Gasteiger partial charge in [-0.05, 0) is 6.42 Å². The SMILES string of the molecule is CCC(NC(=O)C(C)C(C)C(=O)O)c1ncc[nH]1. The molecular formula is C12H19N3O3. The van der Waals surface area contributed by atoms with Crippen molar-refractivity contribution in [2.24, 2.45) is 11.8 Å². The van der Waals surface area contributed by atoms with Crippen LogP contribution in [-0.4, -0.2) is 27.0 Å². The zero-order valence-electron chi connectivity index (χ0n) is 10.8. The molecule has 1 rings (SSSR count). The minimum absolute atomic E-state index is 0.212. The quantitative estimate of drug-likeness (QED) is 0.712.